The molecule has 0 unspecified atom stereocenters. The zero-order chi connectivity index (χ0) is 23.4. The Balaban J connectivity index is 1.38. The number of rotatable bonds is 7. The number of benzene rings is 3. The molecule has 4 rings (SSSR count). The van der Waals surface area contributed by atoms with Crippen LogP contribution >= 0.6 is 0 Å². The van der Waals surface area contributed by atoms with E-state index in [0.717, 1.165) is 22.3 Å². The van der Waals surface area contributed by atoms with Crippen molar-refractivity contribution < 1.29 is 29.1 Å². The van der Waals surface area contributed by atoms with E-state index in [4.69, 9.17) is 9.84 Å². The Morgan fingerprint density at radius 1 is 0.939 bits per heavy atom. The van der Waals surface area contributed by atoms with Crippen LogP contribution in [0.1, 0.15) is 33.0 Å². The third-order valence-corrected chi connectivity index (χ3v) is 5.43. The summed E-state index contributed by atoms with van der Waals surface area (Å²) in [5, 5.41) is 11.2. The number of nitrogens with one attached hydrogen (secondary N) is 2. The predicted molar refractivity (Wildman–Crippen MR) is 121 cm³/mol. The molecule has 8 heteroatoms. The molecule has 0 bridgehead atoms. The summed E-state index contributed by atoms with van der Waals surface area (Å²) in [7, 11) is 0. The number of aliphatic carboxylic acids is 1. The van der Waals surface area contributed by atoms with Gasteiger partial charge in [-0.1, -0.05) is 48.5 Å². The molecule has 3 N–H and O–H groups in total. The lowest BCUT2D eigenvalue weighted by molar-refractivity contribution is -0.144. The normalized spacial score (nSPS) is 11.9. The Morgan fingerprint density at radius 2 is 1.58 bits per heavy atom. The van der Waals surface area contributed by atoms with Gasteiger partial charge >= 0.3 is 12.1 Å². The molecule has 0 saturated heterocycles. The molecule has 8 nitrogen and oxygen atoms in total. The number of anilines is 1. The van der Waals surface area contributed by atoms with Crippen molar-refractivity contribution in [2.45, 2.75) is 12.8 Å². The summed E-state index contributed by atoms with van der Waals surface area (Å²) in [6.45, 7) is 1.28. The molecule has 33 heavy (non-hydrogen) atoms. The minimum atomic E-state index is -1.20. The summed E-state index contributed by atoms with van der Waals surface area (Å²) < 4.78 is 5.55. The molecule has 1 aliphatic carbocycles. The van der Waals surface area contributed by atoms with E-state index >= 15 is 0 Å². The van der Waals surface area contributed by atoms with Gasteiger partial charge in [0.1, 0.15) is 6.61 Å². The number of amides is 2. The van der Waals surface area contributed by atoms with Crippen LogP contribution in [0, 0.1) is 6.92 Å². The van der Waals surface area contributed by atoms with E-state index in [2.05, 4.69) is 39.9 Å². The topological polar surface area (TPSA) is 114 Å². The van der Waals surface area contributed by atoms with Crippen LogP contribution in [0.3, 0.4) is 0 Å². The fourth-order valence-corrected chi connectivity index (χ4v) is 3.91. The van der Waals surface area contributed by atoms with Gasteiger partial charge in [-0.25, -0.2) is 15.1 Å². The molecule has 0 aliphatic heterocycles. The van der Waals surface area contributed by atoms with Gasteiger partial charge in [-0.15, -0.1) is 0 Å². The van der Waals surface area contributed by atoms with Gasteiger partial charge in [0.15, 0.2) is 6.61 Å². The van der Waals surface area contributed by atoms with Gasteiger partial charge in [-0.3, -0.25) is 14.9 Å². The number of ether oxygens (including phenoxy) is 1. The Morgan fingerprint density at radius 3 is 2.18 bits per heavy atom. The van der Waals surface area contributed by atoms with E-state index in [1.165, 1.54) is 6.07 Å². The molecule has 0 radical (unpaired) electrons. The highest BCUT2D eigenvalue weighted by Gasteiger charge is 2.29. The standard InChI is InChI=1S/C25H22N2O6/c1-15-12-16(24(30)27-33-14-23(28)29)10-11-22(15)26-25(31)32-13-21-19-8-4-2-6-17(19)18-7-3-5-9-20(18)21/h2-12,21H,13-14H2,1H3,(H,26,31)(H,27,30)(H,28,29). The molecule has 0 fully saturated rings. The molecule has 0 aromatic heterocycles. The maximum absolute atomic E-state index is 12.5. The van der Waals surface area contributed by atoms with E-state index in [1.54, 1.807) is 19.1 Å². The van der Waals surface area contributed by atoms with E-state index in [9.17, 15) is 14.4 Å². The Hall–Kier alpha value is -4.17. The van der Waals surface area contributed by atoms with Crippen molar-refractivity contribution in [2.24, 2.45) is 0 Å². The summed E-state index contributed by atoms with van der Waals surface area (Å²) in [5.41, 5.74) is 8.00. The maximum atomic E-state index is 12.5. The molecule has 2 amide bonds. The molecule has 0 atom stereocenters. The van der Waals surface area contributed by atoms with Crippen LogP contribution in [0.25, 0.3) is 11.1 Å². The Labute approximate surface area is 190 Å². The Bertz CT molecular complexity index is 1180. The maximum Gasteiger partial charge on any atom is 0.411 e. The van der Waals surface area contributed by atoms with E-state index in [0.29, 0.717) is 11.3 Å². The first kappa shape index (κ1) is 22.0. The van der Waals surface area contributed by atoms with Crippen LogP contribution in [0.5, 0.6) is 0 Å². The number of hydroxylamine groups is 1. The quantitative estimate of drug-likeness (QED) is 0.471. The molecule has 168 valence electrons. The average molecular weight is 446 g/mol. The number of fused-ring (bicyclic) bond motifs is 3. The van der Waals surface area contributed by atoms with Gasteiger partial charge in [0.05, 0.1) is 0 Å². The average Bonchev–Trinajstić information content (AvgIpc) is 3.12. The second kappa shape index (κ2) is 9.54. The minimum absolute atomic E-state index is 0.0406. The van der Waals surface area contributed by atoms with Crippen molar-refractivity contribution in [3.05, 3.63) is 89.0 Å². The fraction of sp³-hybridized carbons (Fsp3) is 0.160. The second-order valence-electron chi connectivity index (χ2n) is 7.59. The van der Waals surface area contributed by atoms with Gasteiger partial charge in [0.25, 0.3) is 5.91 Å². The zero-order valence-corrected chi connectivity index (χ0v) is 17.8. The Kier molecular flexibility index (Phi) is 6.37. The van der Waals surface area contributed by atoms with Crippen LogP contribution in [0.4, 0.5) is 10.5 Å². The minimum Gasteiger partial charge on any atom is -0.479 e. The van der Waals surface area contributed by atoms with E-state index < -0.39 is 24.6 Å². The van der Waals surface area contributed by atoms with Gasteiger partial charge in [0, 0.05) is 17.2 Å². The lowest BCUT2D eigenvalue weighted by Gasteiger charge is -2.15. The third kappa shape index (κ3) is 4.86. The lowest BCUT2D eigenvalue weighted by Crippen LogP contribution is -2.26. The summed E-state index contributed by atoms with van der Waals surface area (Å²) in [5.74, 6) is -1.83. The highest BCUT2D eigenvalue weighted by molar-refractivity contribution is 5.95. The summed E-state index contributed by atoms with van der Waals surface area (Å²) in [6, 6.07) is 20.8. The molecule has 0 spiro atoms. The van der Waals surface area contributed by atoms with Crippen molar-refractivity contribution in [3.63, 3.8) is 0 Å². The molecule has 3 aromatic rings. The third-order valence-electron chi connectivity index (χ3n) is 5.43. The van der Waals surface area contributed by atoms with E-state index in [1.807, 2.05) is 24.3 Å². The summed E-state index contributed by atoms with van der Waals surface area (Å²) >= 11 is 0. The van der Waals surface area contributed by atoms with Crippen molar-refractivity contribution >= 4 is 23.7 Å². The number of carbonyl (C=O) groups excluding carboxylic acids is 2. The fourth-order valence-electron chi connectivity index (χ4n) is 3.91. The highest BCUT2D eigenvalue weighted by Crippen LogP contribution is 2.44. The van der Waals surface area contributed by atoms with Crippen molar-refractivity contribution in [2.75, 3.05) is 18.5 Å². The summed E-state index contributed by atoms with van der Waals surface area (Å²) in [4.78, 5) is 39.5. The summed E-state index contributed by atoms with van der Waals surface area (Å²) in [6.07, 6.45) is -0.595. The van der Waals surface area contributed by atoms with Crippen LogP contribution in [-0.2, 0) is 14.4 Å². The molecular formula is C25H22N2O6. The van der Waals surface area contributed by atoms with Crippen LogP contribution < -0.4 is 10.8 Å². The van der Waals surface area contributed by atoms with E-state index in [-0.39, 0.29) is 18.1 Å². The molecule has 1 aliphatic rings. The first-order valence-corrected chi connectivity index (χ1v) is 10.3. The smallest absolute Gasteiger partial charge is 0.411 e. The SMILES string of the molecule is Cc1cc(C(=O)NOCC(=O)O)ccc1NC(=O)OCC1c2ccccc2-c2ccccc21. The predicted octanol–water partition coefficient (Wildman–Crippen LogP) is 4.10. The lowest BCUT2D eigenvalue weighted by atomic mass is 9.98. The molecule has 0 saturated carbocycles. The van der Waals surface area contributed by atoms with Crippen molar-refractivity contribution in [1.29, 1.82) is 0 Å². The van der Waals surface area contributed by atoms with Crippen molar-refractivity contribution in [1.82, 2.24) is 5.48 Å². The number of carbonyl (C=O) groups is 3. The second-order valence-corrected chi connectivity index (χ2v) is 7.59. The highest BCUT2D eigenvalue weighted by atomic mass is 16.7. The largest absolute Gasteiger partial charge is 0.479 e. The number of hydrogen-bond donors (Lipinski definition) is 3. The molecular weight excluding hydrogens is 424 g/mol. The number of aryl methyl sites for hydroxylation is 1. The number of carboxylic acids is 1. The van der Waals surface area contributed by atoms with Crippen LogP contribution in [-0.4, -0.2) is 36.3 Å². The van der Waals surface area contributed by atoms with Crippen LogP contribution in [0.15, 0.2) is 66.7 Å². The first-order chi connectivity index (χ1) is 15.9. The number of carboxylic acid groups (broad SMARTS) is 1. The molecule has 0 heterocycles. The van der Waals surface area contributed by atoms with Crippen molar-refractivity contribution in [3.8, 4) is 11.1 Å². The zero-order valence-electron chi connectivity index (χ0n) is 17.8. The van der Waals surface area contributed by atoms with Crippen LogP contribution in [0.2, 0.25) is 0 Å². The van der Waals surface area contributed by atoms with Gasteiger partial charge < -0.3 is 9.84 Å². The van der Waals surface area contributed by atoms with Gasteiger partial charge in [-0.2, -0.15) is 0 Å². The molecule has 3 aromatic carbocycles. The first-order valence-electron chi connectivity index (χ1n) is 10.3. The van der Waals surface area contributed by atoms with Gasteiger partial charge in [-0.05, 0) is 52.9 Å². The monoisotopic (exact) mass is 446 g/mol. The number of hydrogen-bond acceptors (Lipinski definition) is 5. The van der Waals surface area contributed by atoms with Gasteiger partial charge in [0.2, 0.25) is 0 Å².